The minimum absolute atomic E-state index is 0.171. The SMILES string of the molecule is C=C[C@]1(C)O[C@]2(C)[C@@H](OC(C)=O)[C@@H](O)[C@H]3C(C)(C)CC[C@H](O[Si](C)(C)C(C)(C)C)[C@]3(C)[C@@]2(O)C(=O)C1=O. The van der Waals surface area contributed by atoms with Crippen LogP contribution >= 0.6 is 0 Å². The fourth-order valence-electron chi connectivity index (χ4n) is 7.17. The number of carbonyl (C=O) groups excluding carboxylic acids is 3. The molecule has 0 amide bonds. The van der Waals surface area contributed by atoms with E-state index < -0.39 is 77.7 Å². The first-order valence-electron chi connectivity index (χ1n) is 13.2. The summed E-state index contributed by atoms with van der Waals surface area (Å²) >= 11 is 0. The van der Waals surface area contributed by atoms with Gasteiger partial charge in [0, 0.05) is 18.3 Å². The Kier molecular flexibility index (Phi) is 6.97. The Bertz CT molecular complexity index is 1010. The first kappa shape index (κ1) is 30.2. The van der Waals surface area contributed by atoms with Crippen LogP contribution in [0.4, 0.5) is 0 Å². The predicted octanol–water partition coefficient (Wildman–Crippen LogP) is 3.73. The summed E-state index contributed by atoms with van der Waals surface area (Å²) in [6.45, 7) is 23.9. The summed E-state index contributed by atoms with van der Waals surface area (Å²) in [5.41, 5.74) is -8.27. The number of rotatable bonds is 4. The van der Waals surface area contributed by atoms with Crippen molar-refractivity contribution in [3.05, 3.63) is 12.7 Å². The first-order chi connectivity index (χ1) is 16.5. The molecule has 0 radical (unpaired) electrons. The van der Waals surface area contributed by atoms with Crippen molar-refractivity contribution < 1.29 is 38.5 Å². The fraction of sp³-hybridized carbons (Fsp3) is 0.821. The second kappa shape index (κ2) is 8.55. The van der Waals surface area contributed by atoms with E-state index in [4.69, 9.17) is 13.9 Å². The molecule has 1 aliphatic heterocycles. The Morgan fingerprint density at radius 2 is 1.68 bits per heavy atom. The van der Waals surface area contributed by atoms with Gasteiger partial charge in [-0.25, -0.2) is 0 Å². The molecule has 9 heteroatoms. The molecule has 1 heterocycles. The van der Waals surface area contributed by atoms with Gasteiger partial charge in [0.25, 0.3) is 0 Å². The molecule has 8 atom stereocenters. The standard InChI is InChI=1S/C28H46O8Si/c1-13-25(8)20(31)21(32)28(33)26(9)17(35-37(11,12)23(3,4)5)14-15-24(6,7)19(26)18(30)22(34-16(2)29)27(28,10)36-25/h13,17-19,22,30,33H,1,14-15H2,2-12H3/t17-,18-,19-,22-,25-,26-,27+,28-/m0/s1. The molecule has 0 unspecified atom stereocenters. The van der Waals surface area contributed by atoms with Crippen molar-refractivity contribution in [2.24, 2.45) is 16.7 Å². The van der Waals surface area contributed by atoms with Gasteiger partial charge in [-0.3, -0.25) is 14.4 Å². The topological polar surface area (TPSA) is 119 Å². The van der Waals surface area contributed by atoms with Gasteiger partial charge in [0.15, 0.2) is 25.6 Å². The lowest BCUT2D eigenvalue weighted by molar-refractivity contribution is -0.361. The molecular formula is C28H46O8Si. The molecule has 2 N–H and O–H groups in total. The Morgan fingerprint density at radius 3 is 2.14 bits per heavy atom. The molecule has 37 heavy (non-hydrogen) atoms. The van der Waals surface area contributed by atoms with Crippen LogP contribution in [0.25, 0.3) is 0 Å². The monoisotopic (exact) mass is 538 g/mol. The van der Waals surface area contributed by atoms with Crippen LogP contribution in [0.5, 0.6) is 0 Å². The Morgan fingerprint density at radius 1 is 1.14 bits per heavy atom. The van der Waals surface area contributed by atoms with Crippen LogP contribution in [0.15, 0.2) is 12.7 Å². The van der Waals surface area contributed by atoms with E-state index in [2.05, 4.69) is 40.4 Å². The van der Waals surface area contributed by atoms with E-state index in [0.717, 1.165) is 0 Å². The number of esters is 1. The molecule has 0 spiro atoms. The number of Topliss-reactive ketones (excluding diaryl/α,β-unsaturated/α-hetero) is 2. The van der Waals surface area contributed by atoms with Crippen molar-refractivity contribution >= 4 is 25.9 Å². The van der Waals surface area contributed by atoms with Crippen LogP contribution in [0.2, 0.25) is 18.1 Å². The Labute approximate surface area is 222 Å². The highest BCUT2D eigenvalue weighted by atomic mass is 28.4. The Balaban J connectivity index is 2.39. The van der Waals surface area contributed by atoms with Crippen LogP contribution in [-0.2, 0) is 28.3 Å². The normalized spacial score (nSPS) is 44.0. The maximum absolute atomic E-state index is 14.2. The van der Waals surface area contributed by atoms with Gasteiger partial charge in [0.2, 0.25) is 11.6 Å². The number of fused-ring (bicyclic) bond motifs is 3. The Hall–Kier alpha value is -1.39. The summed E-state index contributed by atoms with van der Waals surface area (Å²) < 4.78 is 18.8. The van der Waals surface area contributed by atoms with Crippen LogP contribution < -0.4 is 0 Å². The summed E-state index contributed by atoms with van der Waals surface area (Å²) in [6, 6.07) is 0. The number of ether oxygens (including phenoxy) is 2. The summed E-state index contributed by atoms with van der Waals surface area (Å²) in [7, 11) is -2.45. The van der Waals surface area contributed by atoms with E-state index in [9.17, 15) is 24.6 Å². The third-order valence-corrected chi connectivity index (χ3v) is 14.7. The zero-order chi connectivity index (χ0) is 28.8. The zero-order valence-electron chi connectivity index (χ0n) is 24.4. The molecule has 210 valence electrons. The molecule has 2 aliphatic carbocycles. The van der Waals surface area contributed by atoms with Gasteiger partial charge in [-0.05, 0) is 50.2 Å². The van der Waals surface area contributed by atoms with Gasteiger partial charge < -0.3 is 24.1 Å². The summed E-state index contributed by atoms with van der Waals surface area (Å²) in [4.78, 5) is 40.0. The minimum atomic E-state index is -2.46. The number of ketones is 2. The molecule has 0 aromatic rings. The van der Waals surface area contributed by atoms with E-state index in [1.54, 1.807) is 6.92 Å². The molecule has 2 saturated carbocycles. The van der Waals surface area contributed by atoms with Gasteiger partial charge >= 0.3 is 5.97 Å². The average Bonchev–Trinajstić information content (AvgIpc) is 2.74. The number of aliphatic hydroxyl groups excluding tert-OH is 1. The van der Waals surface area contributed by atoms with Crippen LogP contribution in [0.1, 0.15) is 75.2 Å². The fourth-order valence-corrected chi connectivity index (χ4v) is 8.60. The number of hydrogen-bond donors (Lipinski definition) is 2. The first-order valence-corrected chi connectivity index (χ1v) is 16.1. The van der Waals surface area contributed by atoms with Gasteiger partial charge in [0.05, 0.1) is 12.2 Å². The van der Waals surface area contributed by atoms with Gasteiger partial charge in [-0.2, -0.15) is 0 Å². The van der Waals surface area contributed by atoms with E-state index in [1.165, 1.54) is 26.8 Å². The largest absolute Gasteiger partial charge is 0.457 e. The average molecular weight is 539 g/mol. The highest BCUT2D eigenvalue weighted by Crippen LogP contribution is 2.67. The van der Waals surface area contributed by atoms with Gasteiger partial charge in [-0.15, -0.1) is 0 Å². The second-order valence-corrected chi connectivity index (χ2v) is 18.8. The molecule has 3 rings (SSSR count). The number of hydrogen-bond acceptors (Lipinski definition) is 8. The second-order valence-electron chi connectivity index (χ2n) is 14.1. The van der Waals surface area contributed by atoms with E-state index in [-0.39, 0.29) is 5.04 Å². The molecule has 3 fully saturated rings. The highest BCUT2D eigenvalue weighted by Gasteiger charge is 2.83. The van der Waals surface area contributed by atoms with E-state index >= 15 is 0 Å². The lowest BCUT2D eigenvalue weighted by Crippen LogP contribution is -2.88. The highest BCUT2D eigenvalue weighted by molar-refractivity contribution is 6.74. The maximum Gasteiger partial charge on any atom is 0.303 e. The van der Waals surface area contributed by atoms with Crippen LogP contribution in [-0.4, -0.2) is 71.2 Å². The smallest absolute Gasteiger partial charge is 0.303 e. The molecule has 0 aromatic heterocycles. The van der Waals surface area contributed by atoms with Crippen LogP contribution in [0.3, 0.4) is 0 Å². The van der Waals surface area contributed by atoms with Crippen molar-refractivity contribution in [1.29, 1.82) is 0 Å². The lowest BCUT2D eigenvalue weighted by atomic mass is 9.39. The molecule has 0 bridgehead atoms. The van der Waals surface area contributed by atoms with E-state index in [1.807, 2.05) is 13.8 Å². The van der Waals surface area contributed by atoms with Gasteiger partial charge in [0.1, 0.15) is 5.60 Å². The molecule has 0 aromatic carbocycles. The summed E-state index contributed by atoms with van der Waals surface area (Å²) in [6.07, 6.45) is -1.05. The van der Waals surface area contributed by atoms with Crippen molar-refractivity contribution in [1.82, 2.24) is 0 Å². The summed E-state index contributed by atoms with van der Waals surface area (Å²) in [5, 5.41) is 24.6. The molecular weight excluding hydrogens is 492 g/mol. The summed E-state index contributed by atoms with van der Waals surface area (Å²) in [5.74, 6) is -3.44. The van der Waals surface area contributed by atoms with Crippen molar-refractivity contribution in [3.63, 3.8) is 0 Å². The van der Waals surface area contributed by atoms with Crippen molar-refractivity contribution in [3.8, 4) is 0 Å². The quantitative estimate of drug-likeness (QED) is 0.241. The minimum Gasteiger partial charge on any atom is -0.457 e. The zero-order valence-corrected chi connectivity index (χ0v) is 25.4. The number of carbonyl (C=O) groups is 3. The maximum atomic E-state index is 14.2. The predicted molar refractivity (Wildman–Crippen MR) is 141 cm³/mol. The molecule has 8 nitrogen and oxygen atoms in total. The lowest BCUT2D eigenvalue weighted by Gasteiger charge is -2.71. The van der Waals surface area contributed by atoms with Crippen molar-refractivity contribution in [2.45, 2.75) is 128 Å². The third-order valence-electron chi connectivity index (χ3n) is 10.2. The van der Waals surface area contributed by atoms with Crippen LogP contribution in [0, 0.1) is 16.7 Å². The molecule has 1 saturated heterocycles. The number of aliphatic hydroxyl groups is 2. The third kappa shape index (κ3) is 3.86. The van der Waals surface area contributed by atoms with Crippen molar-refractivity contribution in [2.75, 3.05) is 0 Å². The van der Waals surface area contributed by atoms with Gasteiger partial charge in [-0.1, -0.05) is 54.2 Å². The molecule has 3 aliphatic rings. The van der Waals surface area contributed by atoms with E-state index in [0.29, 0.717) is 12.8 Å².